The molecule has 1 aromatic rings. The summed E-state index contributed by atoms with van der Waals surface area (Å²) in [7, 11) is 0. The molecule has 2 heteroatoms. The Morgan fingerprint density at radius 3 is 2.77 bits per heavy atom. The standard InChI is InChI=1S/C11H13BrO/c1-7-9-3-2-4-10(9)8(6-13)5-11(7)12/h5,13H,2-4,6H2,1H3. The molecule has 0 heterocycles. The summed E-state index contributed by atoms with van der Waals surface area (Å²) in [6.07, 6.45) is 3.55. The average molecular weight is 241 g/mol. The molecule has 2 rings (SSSR count). The van der Waals surface area contributed by atoms with E-state index in [1.54, 1.807) is 0 Å². The summed E-state index contributed by atoms with van der Waals surface area (Å²) >= 11 is 3.53. The largest absolute Gasteiger partial charge is 0.392 e. The molecule has 70 valence electrons. The highest BCUT2D eigenvalue weighted by Gasteiger charge is 2.18. The van der Waals surface area contributed by atoms with Gasteiger partial charge in [-0.25, -0.2) is 0 Å². The van der Waals surface area contributed by atoms with Gasteiger partial charge in [-0.2, -0.15) is 0 Å². The van der Waals surface area contributed by atoms with Gasteiger partial charge in [-0.15, -0.1) is 0 Å². The monoisotopic (exact) mass is 240 g/mol. The molecule has 0 aliphatic heterocycles. The van der Waals surface area contributed by atoms with Crippen molar-refractivity contribution in [2.24, 2.45) is 0 Å². The van der Waals surface area contributed by atoms with Gasteiger partial charge < -0.3 is 5.11 Å². The minimum Gasteiger partial charge on any atom is -0.392 e. The number of rotatable bonds is 1. The lowest BCUT2D eigenvalue weighted by Crippen LogP contribution is -1.96. The van der Waals surface area contributed by atoms with Crippen LogP contribution in [0.15, 0.2) is 10.5 Å². The molecule has 1 nitrogen and oxygen atoms in total. The lowest BCUT2D eigenvalue weighted by Gasteiger charge is -2.10. The maximum Gasteiger partial charge on any atom is 0.0685 e. The number of hydrogen-bond acceptors (Lipinski definition) is 1. The van der Waals surface area contributed by atoms with E-state index in [9.17, 15) is 5.11 Å². The van der Waals surface area contributed by atoms with Crippen LogP contribution in [0, 0.1) is 6.92 Å². The molecule has 0 atom stereocenters. The molecule has 0 radical (unpaired) electrons. The van der Waals surface area contributed by atoms with Crippen molar-refractivity contribution in [3.05, 3.63) is 32.8 Å². The van der Waals surface area contributed by atoms with E-state index >= 15 is 0 Å². The van der Waals surface area contributed by atoms with Gasteiger partial charge in [0.05, 0.1) is 6.61 Å². The van der Waals surface area contributed by atoms with Crippen LogP contribution in [0.25, 0.3) is 0 Å². The summed E-state index contributed by atoms with van der Waals surface area (Å²) in [6.45, 7) is 2.32. The van der Waals surface area contributed by atoms with E-state index in [0.717, 1.165) is 16.5 Å². The van der Waals surface area contributed by atoms with Gasteiger partial charge in [0.25, 0.3) is 0 Å². The minimum absolute atomic E-state index is 0.168. The Labute approximate surface area is 86.9 Å². The Bertz CT molecular complexity index is 344. The van der Waals surface area contributed by atoms with Crippen molar-refractivity contribution in [2.75, 3.05) is 0 Å². The number of aliphatic hydroxyl groups is 1. The molecule has 0 spiro atoms. The molecule has 1 aliphatic carbocycles. The highest BCUT2D eigenvalue weighted by molar-refractivity contribution is 9.10. The highest BCUT2D eigenvalue weighted by atomic mass is 79.9. The molecule has 1 N–H and O–H groups in total. The zero-order valence-electron chi connectivity index (χ0n) is 7.73. The zero-order valence-corrected chi connectivity index (χ0v) is 9.32. The quantitative estimate of drug-likeness (QED) is 0.801. The topological polar surface area (TPSA) is 20.2 Å². The number of fused-ring (bicyclic) bond motifs is 1. The van der Waals surface area contributed by atoms with Gasteiger partial charge in [0.1, 0.15) is 0 Å². The second kappa shape index (κ2) is 3.43. The summed E-state index contributed by atoms with van der Waals surface area (Å²) in [5.41, 5.74) is 5.30. The fourth-order valence-corrected chi connectivity index (χ4v) is 2.66. The summed E-state index contributed by atoms with van der Waals surface area (Å²) in [5.74, 6) is 0. The zero-order chi connectivity index (χ0) is 9.42. The van der Waals surface area contributed by atoms with Crippen molar-refractivity contribution in [3.8, 4) is 0 Å². The van der Waals surface area contributed by atoms with E-state index in [0.29, 0.717) is 0 Å². The molecule has 0 unspecified atom stereocenters. The molecule has 0 saturated carbocycles. The summed E-state index contributed by atoms with van der Waals surface area (Å²) in [5, 5.41) is 9.20. The normalized spacial score (nSPS) is 14.7. The van der Waals surface area contributed by atoms with Gasteiger partial charge in [-0.05, 0) is 54.5 Å². The van der Waals surface area contributed by atoms with Crippen molar-refractivity contribution < 1.29 is 5.11 Å². The number of hydrogen-bond donors (Lipinski definition) is 1. The molecule has 0 amide bonds. The van der Waals surface area contributed by atoms with Crippen LogP contribution in [0.4, 0.5) is 0 Å². The second-order valence-electron chi connectivity index (χ2n) is 3.61. The molecule has 1 aliphatic rings. The van der Waals surface area contributed by atoms with Crippen LogP contribution in [-0.4, -0.2) is 5.11 Å². The van der Waals surface area contributed by atoms with Crippen LogP contribution in [-0.2, 0) is 19.4 Å². The molecule has 13 heavy (non-hydrogen) atoms. The van der Waals surface area contributed by atoms with Crippen LogP contribution in [0.3, 0.4) is 0 Å². The molecule has 0 saturated heterocycles. The van der Waals surface area contributed by atoms with Gasteiger partial charge in [-0.3, -0.25) is 0 Å². The van der Waals surface area contributed by atoms with Crippen molar-refractivity contribution in [1.29, 1.82) is 0 Å². The Hall–Kier alpha value is -0.340. The third-order valence-electron chi connectivity index (χ3n) is 2.89. The SMILES string of the molecule is Cc1c(Br)cc(CO)c2c1CCC2. The lowest BCUT2D eigenvalue weighted by atomic mass is 9.99. The van der Waals surface area contributed by atoms with Crippen molar-refractivity contribution in [3.63, 3.8) is 0 Å². The van der Waals surface area contributed by atoms with Gasteiger partial charge in [-0.1, -0.05) is 15.9 Å². The van der Waals surface area contributed by atoms with E-state index < -0.39 is 0 Å². The first-order chi connectivity index (χ1) is 6.24. The lowest BCUT2D eigenvalue weighted by molar-refractivity contribution is 0.280. The molecule has 0 fully saturated rings. The minimum atomic E-state index is 0.168. The Kier molecular flexibility index (Phi) is 2.43. The van der Waals surface area contributed by atoms with Crippen LogP contribution in [0.5, 0.6) is 0 Å². The van der Waals surface area contributed by atoms with E-state index in [-0.39, 0.29) is 6.61 Å². The average Bonchev–Trinajstić information content (AvgIpc) is 2.60. The Morgan fingerprint density at radius 2 is 2.08 bits per heavy atom. The van der Waals surface area contributed by atoms with E-state index in [4.69, 9.17) is 0 Å². The van der Waals surface area contributed by atoms with Crippen molar-refractivity contribution in [2.45, 2.75) is 32.8 Å². The van der Waals surface area contributed by atoms with Crippen molar-refractivity contribution >= 4 is 15.9 Å². The number of aliphatic hydroxyl groups excluding tert-OH is 1. The van der Waals surface area contributed by atoms with E-state index in [2.05, 4.69) is 28.9 Å². The Morgan fingerprint density at radius 1 is 1.38 bits per heavy atom. The van der Waals surface area contributed by atoms with Gasteiger partial charge >= 0.3 is 0 Å². The first-order valence-corrected chi connectivity index (χ1v) is 5.44. The fraction of sp³-hybridized carbons (Fsp3) is 0.455. The predicted octanol–water partition coefficient (Wildman–Crippen LogP) is 2.74. The third kappa shape index (κ3) is 1.42. The maximum atomic E-state index is 9.20. The Balaban J connectivity index is 2.64. The third-order valence-corrected chi connectivity index (χ3v) is 3.71. The summed E-state index contributed by atoms with van der Waals surface area (Å²) in [6, 6.07) is 2.06. The first-order valence-electron chi connectivity index (χ1n) is 4.64. The smallest absolute Gasteiger partial charge is 0.0685 e. The van der Waals surface area contributed by atoms with Crippen LogP contribution >= 0.6 is 15.9 Å². The van der Waals surface area contributed by atoms with Crippen LogP contribution in [0.2, 0.25) is 0 Å². The molecular formula is C11H13BrO. The van der Waals surface area contributed by atoms with E-state index in [1.165, 1.54) is 29.5 Å². The molecule has 1 aromatic carbocycles. The fourth-order valence-electron chi connectivity index (χ4n) is 2.15. The summed E-state index contributed by atoms with van der Waals surface area (Å²) in [4.78, 5) is 0. The van der Waals surface area contributed by atoms with Crippen molar-refractivity contribution in [1.82, 2.24) is 0 Å². The number of halogens is 1. The van der Waals surface area contributed by atoms with Crippen LogP contribution < -0.4 is 0 Å². The molecule has 0 aromatic heterocycles. The molecule has 0 bridgehead atoms. The van der Waals surface area contributed by atoms with Gasteiger partial charge in [0, 0.05) is 4.47 Å². The van der Waals surface area contributed by atoms with E-state index in [1.807, 2.05) is 0 Å². The van der Waals surface area contributed by atoms with Crippen LogP contribution in [0.1, 0.15) is 28.7 Å². The molecular weight excluding hydrogens is 228 g/mol. The van der Waals surface area contributed by atoms with Gasteiger partial charge in [0.15, 0.2) is 0 Å². The number of benzene rings is 1. The first kappa shape index (κ1) is 9.22. The predicted molar refractivity (Wildman–Crippen MR) is 56.8 cm³/mol. The highest BCUT2D eigenvalue weighted by Crippen LogP contribution is 2.33. The maximum absolute atomic E-state index is 9.20. The van der Waals surface area contributed by atoms with Gasteiger partial charge in [0.2, 0.25) is 0 Å². The second-order valence-corrected chi connectivity index (χ2v) is 4.47. The summed E-state index contributed by atoms with van der Waals surface area (Å²) < 4.78 is 1.14.